The number of hydrogen-bond donors (Lipinski definition) is 0. The second-order valence-electron chi connectivity index (χ2n) is 6.59. The average Bonchev–Trinajstić information content (AvgIpc) is 3.07. The molecule has 0 aliphatic carbocycles. The minimum atomic E-state index is -3.35. The van der Waals surface area contributed by atoms with Gasteiger partial charge in [-0.25, -0.2) is 13.4 Å². The fourth-order valence-corrected chi connectivity index (χ4v) is 5.10. The van der Waals surface area contributed by atoms with Crippen molar-refractivity contribution in [2.24, 2.45) is 0 Å². The largest absolute Gasteiger partial charge is 0.337 e. The molecule has 1 amide bonds. The summed E-state index contributed by atoms with van der Waals surface area (Å²) in [6.45, 7) is 2.14. The molecule has 6 nitrogen and oxygen atoms in total. The maximum absolute atomic E-state index is 12.6. The van der Waals surface area contributed by atoms with Gasteiger partial charge in [0.2, 0.25) is 5.91 Å². The molecule has 2 heterocycles. The lowest BCUT2D eigenvalue weighted by Crippen LogP contribution is -2.49. The van der Waals surface area contributed by atoms with Crippen LogP contribution in [-0.4, -0.2) is 50.1 Å². The number of amides is 1. The Labute approximate surface area is 162 Å². The molecule has 0 atom stereocenters. The summed E-state index contributed by atoms with van der Waals surface area (Å²) in [4.78, 5) is 21.1. The summed E-state index contributed by atoms with van der Waals surface area (Å²) >= 11 is 1.42. The van der Waals surface area contributed by atoms with Gasteiger partial charge in [-0.1, -0.05) is 47.7 Å². The Kier molecular flexibility index (Phi) is 4.61. The maximum Gasteiger partial charge on any atom is 0.242 e. The molecular weight excluding hydrogens is 382 g/mol. The van der Waals surface area contributed by atoms with Gasteiger partial charge in [0.05, 0.1) is 16.1 Å². The Balaban J connectivity index is 1.55. The molecule has 140 valence electrons. The van der Waals surface area contributed by atoms with E-state index in [1.54, 1.807) is 12.1 Å². The van der Waals surface area contributed by atoms with Gasteiger partial charge in [-0.3, -0.25) is 4.79 Å². The van der Waals surface area contributed by atoms with E-state index in [2.05, 4.69) is 4.98 Å². The molecule has 27 heavy (non-hydrogen) atoms. The lowest BCUT2D eigenvalue weighted by Gasteiger charge is -2.34. The van der Waals surface area contributed by atoms with Crippen LogP contribution in [0.2, 0.25) is 0 Å². The van der Waals surface area contributed by atoms with Crippen molar-refractivity contribution >= 4 is 42.4 Å². The van der Waals surface area contributed by atoms with Crippen molar-refractivity contribution < 1.29 is 13.2 Å². The highest BCUT2D eigenvalue weighted by Gasteiger charge is 2.26. The topological polar surface area (TPSA) is 70.6 Å². The molecule has 1 aliphatic heterocycles. The molecule has 0 saturated carbocycles. The molecular formula is C19H19N3O3S2. The first-order chi connectivity index (χ1) is 12.9. The van der Waals surface area contributed by atoms with E-state index in [1.165, 1.54) is 17.6 Å². The number of nitrogens with zero attached hydrogens (tertiary/aromatic N) is 3. The number of piperazine rings is 1. The lowest BCUT2D eigenvalue weighted by molar-refractivity contribution is -0.131. The molecule has 0 bridgehead atoms. The fourth-order valence-electron chi connectivity index (χ4n) is 3.19. The first-order valence-corrected chi connectivity index (χ1v) is 11.3. The predicted octanol–water partition coefficient (Wildman–Crippen LogP) is 2.55. The zero-order valence-corrected chi connectivity index (χ0v) is 16.5. The molecule has 1 saturated heterocycles. The molecule has 3 aromatic rings. The van der Waals surface area contributed by atoms with Crippen LogP contribution in [0.25, 0.3) is 10.2 Å². The van der Waals surface area contributed by atoms with Crippen molar-refractivity contribution in [3.8, 4) is 0 Å². The minimum absolute atomic E-state index is 0.0488. The second kappa shape index (κ2) is 6.94. The first kappa shape index (κ1) is 17.9. The van der Waals surface area contributed by atoms with Crippen LogP contribution in [-0.2, 0) is 21.2 Å². The number of benzene rings is 2. The van der Waals surface area contributed by atoms with Gasteiger partial charge in [0, 0.05) is 25.9 Å². The Morgan fingerprint density at radius 3 is 2.56 bits per heavy atom. The van der Waals surface area contributed by atoms with Crippen molar-refractivity contribution in [1.82, 2.24) is 9.88 Å². The van der Waals surface area contributed by atoms with Crippen LogP contribution in [0.15, 0.2) is 53.4 Å². The van der Waals surface area contributed by atoms with E-state index >= 15 is 0 Å². The minimum Gasteiger partial charge on any atom is -0.337 e. The fraction of sp³-hybridized carbons (Fsp3) is 0.263. The molecule has 1 aliphatic rings. The summed E-state index contributed by atoms with van der Waals surface area (Å²) in [5.74, 6) is 0.0488. The number of rotatable bonds is 4. The highest BCUT2D eigenvalue weighted by atomic mass is 32.2. The third-order valence-electron chi connectivity index (χ3n) is 4.58. The van der Waals surface area contributed by atoms with Crippen molar-refractivity contribution in [2.75, 3.05) is 30.8 Å². The monoisotopic (exact) mass is 401 g/mol. The number of para-hydroxylation sites is 1. The summed E-state index contributed by atoms with van der Waals surface area (Å²) in [5, 5.41) is 0.689. The number of sulfone groups is 1. The summed E-state index contributed by atoms with van der Waals surface area (Å²) in [5.41, 5.74) is 1.59. The highest BCUT2D eigenvalue weighted by Crippen LogP contribution is 2.33. The van der Waals surface area contributed by atoms with Crippen molar-refractivity contribution in [2.45, 2.75) is 11.4 Å². The smallest absolute Gasteiger partial charge is 0.242 e. The van der Waals surface area contributed by atoms with E-state index in [-0.39, 0.29) is 17.3 Å². The lowest BCUT2D eigenvalue weighted by atomic mass is 10.2. The number of fused-ring (bicyclic) bond motifs is 1. The zero-order chi connectivity index (χ0) is 19.0. The van der Waals surface area contributed by atoms with Crippen LogP contribution in [0.4, 0.5) is 5.13 Å². The standard InChI is InChI=1S/C19H19N3O3S2/c1-27(24,25)16-9-5-8-15-18(16)20-19(26-15)22-11-10-21(17(23)13-22)12-14-6-3-2-4-7-14/h2-9H,10-13H2,1H3. The Hall–Kier alpha value is -2.45. The zero-order valence-electron chi connectivity index (χ0n) is 14.8. The summed E-state index contributed by atoms with van der Waals surface area (Å²) in [6, 6.07) is 15.1. The van der Waals surface area contributed by atoms with Gasteiger partial charge in [0.15, 0.2) is 15.0 Å². The molecule has 4 rings (SSSR count). The maximum atomic E-state index is 12.6. The van der Waals surface area contributed by atoms with Gasteiger partial charge < -0.3 is 9.80 Å². The molecule has 8 heteroatoms. The number of hydrogen-bond acceptors (Lipinski definition) is 6. The van der Waals surface area contributed by atoms with Gasteiger partial charge >= 0.3 is 0 Å². The first-order valence-electron chi connectivity index (χ1n) is 8.58. The van der Waals surface area contributed by atoms with Crippen molar-refractivity contribution in [3.05, 3.63) is 54.1 Å². The quantitative estimate of drug-likeness (QED) is 0.672. The average molecular weight is 402 g/mol. The van der Waals surface area contributed by atoms with Crippen LogP contribution >= 0.6 is 11.3 Å². The normalized spacial score (nSPS) is 15.5. The van der Waals surface area contributed by atoms with Gasteiger partial charge in [-0.05, 0) is 17.7 Å². The molecule has 0 N–H and O–H groups in total. The van der Waals surface area contributed by atoms with Crippen LogP contribution < -0.4 is 4.90 Å². The van der Waals surface area contributed by atoms with E-state index in [1.807, 2.05) is 46.2 Å². The Bertz CT molecular complexity index is 1090. The van der Waals surface area contributed by atoms with Crippen LogP contribution in [0.5, 0.6) is 0 Å². The van der Waals surface area contributed by atoms with Gasteiger partial charge in [-0.2, -0.15) is 0 Å². The van der Waals surface area contributed by atoms with Crippen LogP contribution in [0.3, 0.4) is 0 Å². The van der Waals surface area contributed by atoms with Crippen LogP contribution in [0, 0.1) is 0 Å². The van der Waals surface area contributed by atoms with E-state index in [0.29, 0.717) is 30.3 Å². The molecule has 1 aromatic heterocycles. The summed E-state index contributed by atoms with van der Waals surface area (Å²) in [7, 11) is -3.35. The molecule has 0 unspecified atom stereocenters. The van der Waals surface area contributed by atoms with Crippen molar-refractivity contribution in [3.63, 3.8) is 0 Å². The SMILES string of the molecule is CS(=O)(=O)c1cccc2sc(N3CCN(Cc4ccccc4)C(=O)C3)nc12. The third-order valence-corrected chi connectivity index (χ3v) is 6.79. The number of carbonyl (C=O) groups excluding carboxylic acids is 1. The molecule has 2 aromatic carbocycles. The third kappa shape index (κ3) is 3.68. The Morgan fingerprint density at radius 2 is 1.85 bits per heavy atom. The highest BCUT2D eigenvalue weighted by molar-refractivity contribution is 7.91. The number of thiazole rings is 1. The summed E-state index contributed by atoms with van der Waals surface area (Å²) < 4.78 is 24.8. The summed E-state index contributed by atoms with van der Waals surface area (Å²) in [6.07, 6.45) is 1.19. The second-order valence-corrected chi connectivity index (χ2v) is 9.59. The molecule has 0 spiro atoms. The number of anilines is 1. The van der Waals surface area contributed by atoms with Gasteiger partial charge in [0.25, 0.3) is 0 Å². The van der Waals surface area contributed by atoms with Crippen LogP contribution in [0.1, 0.15) is 5.56 Å². The van der Waals surface area contributed by atoms with Gasteiger partial charge in [-0.15, -0.1) is 0 Å². The van der Waals surface area contributed by atoms with E-state index in [0.717, 1.165) is 10.3 Å². The number of carbonyl (C=O) groups is 1. The van der Waals surface area contributed by atoms with E-state index < -0.39 is 9.84 Å². The molecule has 0 radical (unpaired) electrons. The number of aromatic nitrogens is 1. The van der Waals surface area contributed by atoms with Crippen molar-refractivity contribution in [1.29, 1.82) is 0 Å². The predicted molar refractivity (Wildman–Crippen MR) is 107 cm³/mol. The van der Waals surface area contributed by atoms with Gasteiger partial charge in [0.1, 0.15) is 5.52 Å². The van der Waals surface area contributed by atoms with E-state index in [4.69, 9.17) is 0 Å². The van der Waals surface area contributed by atoms with E-state index in [9.17, 15) is 13.2 Å². The Morgan fingerprint density at radius 1 is 1.07 bits per heavy atom. The molecule has 1 fully saturated rings.